The summed E-state index contributed by atoms with van der Waals surface area (Å²) in [5.41, 5.74) is 2.16. The van der Waals surface area contributed by atoms with Crippen LogP contribution < -0.4 is 4.90 Å². The Morgan fingerprint density at radius 3 is 2.65 bits per heavy atom. The molecular weight excluding hydrogens is 616 g/mol. The summed E-state index contributed by atoms with van der Waals surface area (Å²) in [4.78, 5) is 33.2. The molecule has 1 amide bonds. The lowest BCUT2D eigenvalue weighted by atomic mass is 9.95. The third kappa shape index (κ3) is 5.10. The maximum atomic E-state index is 13.7. The summed E-state index contributed by atoms with van der Waals surface area (Å²) >= 11 is 13.6. The van der Waals surface area contributed by atoms with Crippen LogP contribution in [0.25, 0.3) is 0 Å². The number of thioether (sulfide) groups is 1. The number of amides is 1. The van der Waals surface area contributed by atoms with Crippen molar-refractivity contribution in [3.05, 3.63) is 96.1 Å². The first-order valence-corrected chi connectivity index (χ1v) is 14.7. The highest BCUT2D eigenvalue weighted by atomic mass is 79.9. The minimum atomic E-state index is -0.881. The van der Waals surface area contributed by atoms with Gasteiger partial charge in [0, 0.05) is 15.2 Å². The molecule has 0 saturated carbocycles. The van der Waals surface area contributed by atoms with Crippen molar-refractivity contribution in [2.24, 2.45) is 0 Å². The number of ketones is 1. The van der Waals surface area contributed by atoms with Crippen molar-refractivity contribution >= 4 is 78.8 Å². The number of carbonyl (C=O) groups excluding carboxylic acids is 2. The summed E-state index contributed by atoms with van der Waals surface area (Å²) in [6.07, 6.45) is 0. The van der Waals surface area contributed by atoms with Gasteiger partial charge in [0.25, 0.3) is 5.91 Å². The fraction of sp³-hybridized carbons (Fsp3) is 0.160. The lowest BCUT2D eigenvalue weighted by Gasteiger charge is -2.24. The topological polar surface area (TPSA) is 96.3 Å². The van der Waals surface area contributed by atoms with E-state index in [1.165, 1.54) is 39.3 Å². The summed E-state index contributed by atoms with van der Waals surface area (Å²) < 4.78 is 1.40. The number of benzene rings is 2. The Kier molecular flexibility index (Phi) is 7.51. The normalized spacial score (nSPS) is 15.6. The van der Waals surface area contributed by atoms with Crippen LogP contribution in [0.4, 0.5) is 5.13 Å². The number of hydrogen-bond donors (Lipinski definition) is 1. The molecule has 1 atom stereocenters. The Morgan fingerprint density at radius 1 is 1.16 bits per heavy atom. The van der Waals surface area contributed by atoms with E-state index in [0.29, 0.717) is 31.2 Å². The van der Waals surface area contributed by atoms with E-state index in [-0.39, 0.29) is 10.7 Å². The van der Waals surface area contributed by atoms with Gasteiger partial charge in [-0.3, -0.25) is 14.5 Å². The first kappa shape index (κ1) is 26.1. The molecule has 188 valence electrons. The molecule has 0 fully saturated rings. The van der Waals surface area contributed by atoms with E-state index >= 15 is 0 Å². The largest absolute Gasteiger partial charge is 0.503 e. The number of aryl methyl sites for hydroxylation is 2. The molecule has 0 saturated heterocycles. The number of aliphatic hydroxyl groups excluding tert-OH is 1. The maximum Gasteiger partial charge on any atom is 0.296 e. The van der Waals surface area contributed by atoms with Crippen molar-refractivity contribution < 1.29 is 14.7 Å². The van der Waals surface area contributed by atoms with Crippen molar-refractivity contribution in [3.63, 3.8) is 0 Å². The summed E-state index contributed by atoms with van der Waals surface area (Å²) in [6, 6.07) is 13.9. The van der Waals surface area contributed by atoms with Crippen molar-refractivity contribution in [1.82, 2.24) is 15.2 Å². The molecule has 12 heteroatoms. The van der Waals surface area contributed by atoms with E-state index in [9.17, 15) is 14.7 Å². The van der Waals surface area contributed by atoms with Gasteiger partial charge >= 0.3 is 0 Å². The summed E-state index contributed by atoms with van der Waals surface area (Å²) in [7, 11) is 0. The lowest BCUT2D eigenvalue weighted by molar-refractivity contribution is -0.117. The number of rotatable bonds is 7. The highest BCUT2D eigenvalue weighted by Gasteiger charge is 2.46. The van der Waals surface area contributed by atoms with Crippen LogP contribution in [0.3, 0.4) is 0 Å². The monoisotopic (exact) mass is 632 g/mol. The molecule has 1 N–H and O–H groups in total. The molecule has 1 unspecified atom stereocenters. The minimum Gasteiger partial charge on any atom is -0.503 e. The number of aromatic nitrogens is 3. The van der Waals surface area contributed by atoms with Gasteiger partial charge in [0.15, 0.2) is 10.1 Å². The number of aliphatic hydroxyl groups is 1. The molecular formula is C25H18BrClN4O3S3. The molecule has 5 rings (SSSR count). The van der Waals surface area contributed by atoms with Crippen LogP contribution >= 0.6 is 62.0 Å². The van der Waals surface area contributed by atoms with Crippen LogP contribution in [0.1, 0.15) is 37.5 Å². The Hall–Kier alpha value is -2.57. The van der Waals surface area contributed by atoms with Gasteiger partial charge in [-0.1, -0.05) is 81.0 Å². The fourth-order valence-corrected chi connectivity index (χ4v) is 7.45. The molecule has 0 spiro atoms. The Bertz CT molecular complexity index is 1570. The predicted octanol–water partition coefficient (Wildman–Crippen LogP) is 7.10. The molecule has 3 heterocycles. The zero-order chi connectivity index (χ0) is 26.3. The van der Waals surface area contributed by atoms with Gasteiger partial charge < -0.3 is 5.11 Å². The fourth-order valence-electron chi connectivity index (χ4n) is 4.00. The van der Waals surface area contributed by atoms with Gasteiger partial charge in [-0.15, -0.1) is 21.5 Å². The van der Waals surface area contributed by atoms with E-state index in [0.717, 1.165) is 15.0 Å². The summed E-state index contributed by atoms with van der Waals surface area (Å²) in [6.45, 7) is 3.55. The second-order valence-corrected chi connectivity index (χ2v) is 12.8. The van der Waals surface area contributed by atoms with Crippen LogP contribution in [-0.2, 0) is 10.5 Å². The van der Waals surface area contributed by atoms with Crippen LogP contribution in [0.2, 0.25) is 5.02 Å². The maximum absolute atomic E-state index is 13.7. The molecule has 0 bridgehead atoms. The van der Waals surface area contributed by atoms with Gasteiger partial charge in [-0.25, -0.2) is 4.98 Å². The van der Waals surface area contributed by atoms with Crippen LogP contribution in [-0.4, -0.2) is 32.0 Å². The van der Waals surface area contributed by atoms with Crippen molar-refractivity contribution in [1.29, 1.82) is 0 Å². The number of nitrogens with zero attached hydrogens (tertiary/aromatic N) is 4. The van der Waals surface area contributed by atoms with Gasteiger partial charge in [0.05, 0.1) is 27.2 Å². The molecule has 0 radical (unpaired) electrons. The first-order valence-electron chi connectivity index (χ1n) is 10.9. The van der Waals surface area contributed by atoms with E-state index < -0.39 is 23.5 Å². The van der Waals surface area contributed by atoms with Crippen LogP contribution in [0.5, 0.6) is 0 Å². The number of thiazole rings is 1. The number of Topliss-reactive ketones (excluding diaryl/α,β-unsaturated/α-hetero) is 1. The van der Waals surface area contributed by atoms with Gasteiger partial charge in [0.2, 0.25) is 10.9 Å². The Morgan fingerprint density at radius 2 is 1.95 bits per heavy atom. The quantitative estimate of drug-likeness (QED) is 0.132. The average Bonchev–Trinajstić information content (AvgIpc) is 3.54. The number of anilines is 1. The second-order valence-electron chi connectivity index (χ2n) is 8.10. The third-order valence-electron chi connectivity index (χ3n) is 5.64. The molecule has 1 aliphatic rings. The van der Waals surface area contributed by atoms with Gasteiger partial charge in [-0.2, -0.15) is 0 Å². The number of hydrogen-bond acceptors (Lipinski definition) is 9. The standard InChI is InChI=1S/C25H18BrClN4O3S3/c1-12-22(36-13(2)28-12)20(32)18-19(14-7-5-8-16(26)10-14)31(23(34)21(18)33)24-29-30-25(37-24)35-11-15-6-3-4-9-17(15)27/h3-10,19,33H,11H2,1-2H3. The zero-order valence-electron chi connectivity index (χ0n) is 19.4. The molecule has 7 nitrogen and oxygen atoms in total. The highest BCUT2D eigenvalue weighted by molar-refractivity contribution is 9.10. The molecule has 37 heavy (non-hydrogen) atoms. The predicted molar refractivity (Wildman–Crippen MR) is 151 cm³/mol. The first-order chi connectivity index (χ1) is 17.7. The summed E-state index contributed by atoms with van der Waals surface area (Å²) in [5.74, 6) is -1.15. The van der Waals surface area contributed by atoms with E-state index in [4.69, 9.17) is 11.6 Å². The van der Waals surface area contributed by atoms with Crippen molar-refractivity contribution in [3.8, 4) is 0 Å². The Labute approximate surface area is 238 Å². The molecule has 1 aliphatic heterocycles. The molecule has 2 aromatic carbocycles. The SMILES string of the molecule is Cc1nc(C)c(C(=O)C2=C(O)C(=O)N(c3nnc(SCc4ccccc4Cl)s3)C2c2cccc(Br)c2)s1. The van der Waals surface area contributed by atoms with Gasteiger partial charge in [-0.05, 0) is 43.2 Å². The summed E-state index contributed by atoms with van der Waals surface area (Å²) in [5, 5.41) is 21.2. The van der Waals surface area contributed by atoms with Crippen molar-refractivity contribution in [2.45, 2.75) is 30.0 Å². The second kappa shape index (κ2) is 10.7. The smallest absolute Gasteiger partial charge is 0.296 e. The Balaban J connectivity index is 1.52. The molecule has 4 aromatic rings. The number of halogens is 2. The lowest BCUT2D eigenvalue weighted by Crippen LogP contribution is -2.31. The third-order valence-corrected chi connectivity index (χ3v) is 9.68. The molecule has 2 aromatic heterocycles. The van der Waals surface area contributed by atoms with Crippen molar-refractivity contribution in [2.75, 3.05) is 4.90 Å². The average molecular weight is 634 g/mol. The molecule has 0 aliphatic carbocycles. The number of carbonyl (C=O) groups is 2. The van der Waals surface area contributed by atoms with Crippen LogP contribution in [0, 0.1) is 13.8 Å². The van der Waals surface area contributed by atoms with E-state index in [2.05, 4.69) is 31.1 Å². The zero-order valence-corrected chi connectivity index (χ0v) is 24.2. The highest BCUT2D eigenvalue weighted by Crippen LogP contribution is 2.45. The van der Waals surface area contributed by atoms with E-state index in [1.54, 1.807) is 13.0 Å². The van der Waals surface area contributed by atoms with Gasteiger partial charge in [0.1, 0.15) is 0 Å². The van der Waals surface area contributed by atoms with E-state index in [1.807, 2.05) is 49.4 Å². The van der Waals surface area contributed by atoms with Crippen LogP contribution in [0.15, 0.2) is 68.7 Å². The minimum absolute atomic E-state index is 0.00433.